The smallest absolute Gasteiger partial charge is 0.281 e. The predicted molar refractivity (Wildman–Crippen MR) is 86.4 cm³/mol. The van der Waals surface area contributed by atoms with E-state index in [4.69, 9.17) is 0 Å². The van der Waals surface area contributed by atoms with Crippen LogP contribution in [0.15, 0.2) is 0 Å². The summed E-state index contributed by atoms with van der Waals surface area (Å²) in [5, 5.41) is 3.46. The van der Waals surface area contributed by atoms with Crippen LogP contribution in [-0.2, 0) is 10.2 Å². The first-order valence-corrected chi connectivity index (χ1v) is 9.90. The van der Waals surface area contributed by atoms with Gasteiger partial charge >= 0.3 is 0 Å². The molecule has 0 aliphatic carbocycles. The molecule has 0 bridgehead atoms. The van der Waals surface area contributed by atoms with Crippen molar-refractivity contribution in [3.8, 4) is 0 Å². The fourth-order valence-corrected chi connectivity index (χ4v) is 5.69. The minimum absolute atomic E-state index is 0.174. The second-order valence-electron chi connectivity index (χ2n) is 6.62. The first-order valence-electron chi connectivity index (χ1n) is 8.50. The zero-order valence-electron chi connectivity index (χ0n) is 13.6. The maximum atomic E-state index is 12.9. The van der Waals surface area contributed by atoms with Crippen LogP contribution >= 0.6 is 0 Å². The second-order valence-corrected chi connectivity index (χ2v) is 8.55. The normalized spacial score (nSPS) is 28.3. The van der Waals surface area contributed by atoms with Crippen LogP contribution in [0, 0.1) is 5.41 Å². The summed E-state index contributed by atoms with van der Waals surface area (Å²) in [7, 11) is -3.28. The van der Waals surface area contributed by atoms with Crippen LogP contribution in [0.1, 0.15) is 52.4 Å². The summed E-state index contributed by atoms with van der Waals surface area (Å²) >= 11 is 0. The van der Waals surface area contributed by atoms with E-state index in [-0.39, 0.29) is 5.41 Å². The number of nitrogens with one attached hydrogen (secondary N) is 1. The van der Waals surface area contributed by atoms with E-state index in [0.717, 1.165) is 45.2 Å². The minimum Gasteiger partial charge on any atom is -0.316 e. The number of piperidine rings is 2. The number of hydrogen-bond donors (Lipinski definition) is 1. The Hall–Kier alpha value is -0.170. The molecule has 2 aliphatic heterocycles. The lowest BCUT2D eigenvalue weighted by Crippen LogP contribution is -2.55. The van der Waals surface area contributed by atoms with Gasteiger partial charge in [-0.15, -0.1) is 0 Å². The van der Waals surface area contributed by atoms with Gasteiger partial charge in [-0.3, -0.25) is 0 Å². The third-order valence-electron chi connectivity index (χ3n) is 4.79. The zero-order chi connectivity index (χ0) is 15.3. The standard InChI is InChI=1S/C15H31N3O2S/c1-3-10-17(11-4-2)21(19,20)18-12-6-8-15(14-18)7-5-9-16-13-15/h16H,3-14H2,1-2H3. The minimum atomic E-state index is -3.28. The number of nitrogens with zero attached hydrogens (tertiary/aromatic N) is 2. The molecule has 2 fully saturated rings. The molecule has 0 saturated carbocycles. The second kappa shape index (κ2) is 7.40. The van der Waals surface area contributed by atoms with Crippen LogP contribution in [0.3, 0.4) is 0 Å². The first kappa shape index (κ1) is 17.2. The number of hydrogen-bond acceptors (Lipinski definition) is 3. The van der Waals surface area contributed by atoms with Crippen LogP contribution < -0.4 is 5.32 Å². The molecule has 6 heteroatoms. The lowest BCUT2D eigenvalue weighted by molar-refractivity contribution is 0.106. The molecule has 1 N–H and O–H groups in total. The summed E-state index contributed by atoms with van der Waals surface area (Å²) in [6.45, 7) is 8.80. The molecular weight excluding hydrogens is 286 g/mol. The van der Waals surface area contributed by atoms with Gasteiger partial charge in [0.2, 0.25) is 0 Å². The van der Waals surface area contributed by atoms with Crippen molar-refractivity contribution in [1.82, 2.24) is 13.9 Å². The van der Waals surface area contributed by atoms with Gasteiger partial charge in [-0.05, 0) is 50.5 Å². The predicted octanol–water partition coefficient (Wildman–Crippen LogP) is 1.82. The van der Waals surface area contributed by atoms with Gasteiger partial charge in [0, 0.05) is 32.7 Å². The van der Waals surface area contributed by atoms with Crippen LogP contribution in [-0.4, -0.2) is 56.3 Å². The van der Waals surface area contributed by atoms with Crippen molar-refractivity contribution in [3.05, 3.63) is 0 Å². The maximum absolute atomic E-state index is 12.9. The molecular formula is C15H31N3O2S. The average molecular weight is 317 g/mol. The SMILES string of the molecule is CCCN(CCC)S(=O)(=O)N1CCCC2(CCCNC2)C1. The summed E-state index contributed by atoms with van der Waals surface area (Å²) in [4.78, 5) is 0. The molecule has 1 unspecified atom stereocenters. The van der Waals surface area contributed by atoms with Crippen molar-refractivity contribution in [3.63, 3.8) is 0 Å². The molecule has 1 spiro atoms. The van der Waals surface area contributed by atoms with Gasteiger partial charge < -0.3 is 5.32 Å². The summed E-state index contributed by atoms with van der Waals surface area (Å²) in [5.41, 5.74) is 0.174. The van der Waals surface area contributed by atoms with Crippen molar-refractivity contribution < 1.29 is 8.42 Å². The molecule has 2 rings (SSSR count). The van der Waals surface area contributed by atoms with E-state index in [2.05, 4.69) is 5.32 Å². The maximum Gasteiger partial charge on any atom is 0.281 e. The third kappa shape index (κ3) is 3.97. The Bertz CT molecular complexity index is 407. The molecule has 0 radical (unpaired) electrons. The van der Waals surface area contributed by atoms with E-state index in [1.807, 2.05) is 13.8 Å². The van der Waals surface area contributed by atoms with Gasteiger partial charge in [-0.2, -0.15) is 17.0 Å². The van der Waals surface area contributed by atoms with Gasteiger partial charge in [0.05, 0.1) is 0 Å². The average Bonchev–Trinajstić information content (AvgIpc) is 2.48. The van der Waals surface area contributed by atoms with E-state index in [0.29, 0.717) is 26.2 Å². The Morgan fingerprint density at radius 2 is 1.81 bits per heavy atom. The molecule has 2 aliphatic rings. The summed E-state index contributed by atoms with van der Waals surface area (Å²) in [6, 6.07) is 0. The monoisotopic (exact) mass is 317 g/mol. The fourth-order valence-electron chi connectivity index (χ4n) is 3.74. The molecule has 21 heavy (non-hydrogen) atoms. The van der Waals surface area contributed by atoms with Gasteiger partial charge in [-0.1, -0.05) is 13.8 Å². The Kier molecular flexibility index (Phi) is 6.05. The highest BCUT2D eigenvalue weighted by molar-refractivity contribution is 7.86. The topological polar surface area (TPSA) is 52.7 Å². The first-order chi connectivity index (χ1) is 10.0. The van der Waals surface area contributed by atoms with Crippen LogP contribution in [0.2, 0.25) is 0 Å². The van der Waals surface area contributed by atoms with E-state index < -0.39 is 10.2 Å². The summed E-state index contributed by atoms with van der Waals surface area (Å²) in [5.74, 6) is 0. The Balaban J connectivity index is 2.10. The highest BCUT2D eigenvalue weighted by atomic mass is 32.2. The molecule has 0 aromatic carbocycles. The number of rotatable bonds is 6. The van der Waals surface area contributed by atoms with E-state index in [9.17, 15) is 8.42 Å². The highest BCUT2D eigenvalue weighted by Gasteiger charge is 2.41. The Labute approximate surface area is 130 Å². The molecule has 1 atom stereocenters. The van der Waals surface area contributed by atoms with E-state index in [1.165, 1.54) is 6.42 Å². The largest absolute Gasteiger partial charge is 0.316 e. The Morgan fingerprint density at radius 3 is 2.38 bits per heavy atom. The molecule has 0 aromatic rings. The zero-order valence-corrected chi connectivity index (χ0v) is 14.4. The van der Waals surface area contributed by atoms with Crippen molar-refractivity contribution in [2.24, 2.45) is 5.41 Å². The van der Waals surface area contributed by atoms with Crippen molar-refractivity contribution in [2.75, 3.05) is 39.3 Å². The molecule has 2 saturated heterocycles. The van der Waals surface area contributed by atoms with Gasteiger partial charge in [0.15, 0.2) is 0 Å². The lowest BCUT2D eigenvalue weighted by Gasteiger charge is -2.45. The quantitative estimate of drug-likeness (QED) is 0.813. The fraction of sp³-hybridized carbons (Fsp3) is 1.00. The van der Waals surface area contributed by atoms with Crippen molar-refractivity contribution in [2.45, 2.75) is 52.4 Å². The van der Waals surface area contributed by atoms with Crippen LogP contribution in [0.5, 0.6) is 0 Å². The van der Waals surface area contributed by atoms with E-state index in [1.54, 1.807) is 8.61 Å². The van der Waals surface area contributed by atoms with Gasteiger partial charge in [0.25, 0.3) is 10.2 Å². The summed E-state index contributed by atoms with van der Waals surface area (Å²) in [6.07, 6.45) is 6.23. The summed E-state index contributed by atoms with van der Waals surface area (Å²) < 4.78 is 29.3. The van der Waals surface area contributed by atoms with Crippen molar-refractivity contribution in [1.29, 1.82) is 0 Å². The van der Waals surface area contributed by atoms with E-state index >= 15 is 0 Å². The molecule has 0 aromatic heterocycles. The molecule has 0 amide bonds. The molecule has 5 nitrogen and oxygen atoms in total. The Morgan fingerprint density at radius 1 is 1.14 bits per heavy atom. The van der Waals surface area contributed by atoms with Crippen molar-refractivity contribution >= 4 is 10.2 Å². The highest BCUT2D eigenvalue weighted by Crippen LogP contribution is 2.37. The van der Waals surface area contributed by atoms with Crippen LogP contribution in [0.25, 0.3) is 0 Å². The molecule has 2 heterocycles. The molecule has 124 valence electrons. The third-order valence-corrected chi connectivity index (χ3v) is 6.77. The van der Waals surface area contributed by atoms with Gasteiger partial charge in [-0.25, -0.2) is 0 Å². The van der Waals surface area contributed by atoms with Crippen LogP contribution in [0.4, 0.5) is 0 Å². The lowest BCUT2D eigenvalue weighted by atomic mass is 9.75. The van der Waals surface area contributed by atoms with Gasteiger partial charge in [0.1, 0.15) is 0 Å².